The zero-order valence-electron chi connectivity index (χ0n) is 6.24. The minimum atomic E-state index is -6.17. The summed E-state index contributed by atoms with van der Waals surface area (Å²) in [5.41, 5.74) is 0. The molecule has 13 heavy (non-hydrogen) atoms. The molecule has 9 heteroatoms. The van der Waals surface area contributed by atoms with Crippen molar-refractivity contribution >= 4 is 17.7 Å². The van der Waals surface area contributed by atoms with Gasteiger partial charge in [-0.2, -0.15) is 26.3 Å². The van der Waals surface area contributed by atoms with E-state index in [-0.39, 0.29) is 0 Å². The number of halogens is 6. The summed E-state index contributed by atoms with van der Waals surface area (Å²) in [7, 11) is 0. The van der Waals surface area contributed by atoms with E-state index in [4.69, 9.17) is 0 Å². The van der Waals surface area contributed by atoms with Crippen molar-refractivity contribution in [1.82, 2.24) is 0 Å². The lowest BCUT2D eigenvalue weighted by molar-refractivity contribution is -0.0891. The van der Waals surface area contributed by atoms with Gasteiger partial charge in [0, 0.05) is 0 Å². The molecule has 0 spiro atoms. The SMILES string of the molecule is CCSP(=O)(C(F)(F)F)C(F)(F)F. The Kier molecular flexibility index (Phi) is 3.77. The first kappa shape index (κ1) is 13.2. The van der Waals surface area contributed by atoms with E-state index >= 15 is 0 Å². The largest absolute Gasteiger partial charge is 0.458 e. The highest BCUT2D eigenvalue weighted by Crippen LogP contribution is 2.78. The maximum atomic E-state index is 11.8. The Morgan fingerprint density at radius 3 is 1.46 bits per heavy atom. The van der Waals surface area contributed by atoms with E-state index in [1.54, 1.807) is 0 Å². The monoisotopic (exact) mass is 246 g/mol. The zero-order chi connectivity index (χ0) is 10.9. The first-order chi connectivity index (χ1) is 5.56. The van der Waals surface area contributed by atoms with E-state index in [0.717, 1.165) is 6.92 Å². The Labute approximate surface area is 74.0 Å². The van der Waals surface area contributed by atoms with E-state index in [1.807, 2.05) is 0 Å². The van der Waals surface area contributed by atoms with Crippen molar-refractivity contribution in [1.29, 1.82) is 0 Å². The van der Waals surface area contributed by atoms with Crippen molar-refractivity contribution in [3.63, 3.8) is 0 Å². The van der Waals surface area contributed by atoms with Gasteiger partial charge in [-0.1, -0.05) is 18.3 Å². The summed E-state index contributed by atoms with van der Waals surface area (Å²) >= 11 is -0.602. The Bertz CT molecular complexity index is 202. The first-order valence-corrected chi connectivity index (χ1v) is 6.24. The fraction of sp³-hybridized carbons (Fsp3) is 1.00. The molecule has 0 rings (SSSR count). The predicted octanol–water partition coefficient (Wildman–Crippen LogP) is 4.06. The lowest BCUT2D eigenvalue weighted by Crippen LogP contribution is -2.20. The van der Waals surface area contributed by atoms with Crippen LogP contribution in [0.5, 0.6) is 0 Å². The van der Waals surface area contributed by atoms with Crippen LogP contribution in [0.2, 0.25) is 0 Å². The lowest BCUT2D eigenvalue weighted by atomic mass is 11.0. The van der Waals surface area contributed by atoms with Crippen LogP contribution >= 0.6 is 17.7 Å². The molecule has 0 amide bonds. The third kappa shape index (κ3) is 2.56. The molecule has 0 unspecified atom stereocenters. The molecular formula is C4H5F6OPS. The summed E-state index contributed by atoms with van der Waals surface area (Å²) < 4.78 is 81.3. The predicted molar refractivity (Wildman–Crippen MR) is 37.8 cm³/mol. The van der Waals surface area contributed by atoms with Gasteiger partial charge in [0.2, 0.25) is 0 Å². The quantitative estimate of drug-likeness (QED) is 0.540. The van der Waals surface area contributed by atoms with Crippen molar-refractivity contribution in [2.75, 3.05) is 5.75 Å². The fourth-order valence-corrected chi connectivity index (χ4v) is 3.38. The van der Waals surface area contributed by atoms with E-state index in [9.17, 15) is 30.9 Å². The molecule has 0 bridgehead atoms. The molecule has 0 saturated carbocycles. The van der Waals surface area contributed by atoms with Crippen LogP contribution in [0.4, 0.5) is 26.3 Å². The molecular weight excluding hydrogens is 241 g/mol. The average molecular weight is 246 g/mol. The highest BCUT2D eigenvalue weighted by Gasteiger charge is 2.68. The summed E-state index contributed by atoms with van der Waals surface area (Å²) in [5, 5.41) is 0. The van der Waals surface area contributed by atoms with Gasteiger partial charge in [0.15, 0.2) is 0 Å². The molecule has 0 heterocycles. The fourth-order valence-electron chi connectivity index (χ4n) is 0.472. The number of hydrogen-bond donors (Lipinski definition) is 0. The van der Waals surface area contributed by atoms with Crippen LogP contribution in [0.1, 0.15) is 6.92 Å². The molecule has 0 atom stereocenters. The molecule has 0 aromatic carbocycles. The van der Waals surface area contributed by atoms with Gasteiger partial charge in [-0.3, -0.25) is 4.57 Å². The zero-order valence-corrected chi connectivity index (χ0v) is 7.95. The van der Waals surface area contributed by atoms with Crippen LogP contribution in [0.25, 0.3) is 0 Å². The Hall–Kier alpha value is 0.160. The van der Waals surface area contributed by atoms with Crippen LogP contribution in [0.15, 0.2) is 0 Å². The molecule has 1 nitrogen and oxygen atoms in total. The van der Waals surface area contributed by atoms with E-state index in [1.165, 1.54) is 0 Å². The molecule has 80 valence electrons. The summed E-state index contributed by atoms with van der Waals surface area (Å²) in [5.74, 6) is -11.9. The van der Waals surface area contributed by atoms with Crippen LogP contribution in [-0.4, -0.2) is 17.6 Å². The van der Waals surface area contributed by atoms with Gasteiger partial charge in [-0.05, 0) is 5.75 Å². The van der Waals surface area contributed by atoms with Gasteiger partial charge in [0.05, 0.1) is 0 Å². The average Bonchev–Trinajstić information content (AvgIpc) is 1.82. The molecule has 0 fully saturated rings. The summed E-state index contributed by atoms with van der Waals surface area (Å²) in [4.78, 5) is 0. The third-order valence-electron chi connectivity index (χ3n) is 0.978. The number of alkyl halides is 6. The van der Waals surface area contributed by atoms with Gasteiger partial charge in [0.1, 0.15) is 0 Å². The normalized spacial score (nSPS) is 14.7. The van der Waals surface area contributed by atoms with Crippen LogP contribution in [0.3, 0.4) is 0 Å². The topological polar surface area (TPSA) is 17.1 Å². The Balaban J connectivity index is 5.10. The molecule has 0 aromatic heterocycles. The highest BCUT2D eigenvalue weighted by molar-refractivity contribution is 8.58. The summed E-state index contributed by atoms with van der Waals surface area (Å²) in [6.45, 7) is 1.08. The third-order valence-corrected chi connectivity index (χ3v) is 6.04. The molecule has 0 saturated heterocycles. The second-order valence-electron chi connectivity index (χ2n) is 1.90. The van der Waals surface area contributed by atoms with Crippen molar-refractivity contribution in [2.45, 2.75) is 18.8 Å². The second-order valence-corrected chi connectivity index (χ2v) is 7.17. The molecule has 0 aliphatic heterocycles. The lowest BCUT2D eigenvalue weighted by Gasteiger charge is -2.21. The van der Waals surface area contributed by atoms with Crippen LogP contribution in [0, 0.1) is 0 Å². The van der Waals surface area contributed by atoms with Crippen molar-refractivity contribution in [2.24, 2.45) is 0 Å². The maximum absolute atomic E-state index is 11.8. The summed E-state index contributed by atoms with van der Waals surface area (Å²) in [6, 6.07) is 0. The number of rotatable bonds is 2. The van der Waals surface area contributed by atoms with Gasteiger partial charge < -0.3 is 0 Å². The van der Waals surface area contributed by atoms with Gasteiger partial charge in [-0.15, -0.1) is 0 Å². The second kappa shape index (κ2) is 3.73. The first-order valence-electron chi connectivity index (χ1n) is 2.94. The minimum absolute atomic E-state index is 0.504. The Morgan fingerprint density at radius 1 is 1.08 bits per heavy atom. The Morgan fingerprint density at radius 2 is 1.38 bits per heavy atom. The maximum Gasteiger partial charge on any atom is 0.458 e. The van der Waals surface area contributed by atoms with Gasteiger partial charge >= 0.3 is 18.2 Å². The molecule has 0 N–H and O–H groups in total. The van der Waals surface area contributed by atoms with Crippen LogP contribution in [-0.2, 0) is 4.57 Å². The van der Waals surface area contributed by atoms with Gasteiger partial charge in [0.25, 0.3) is 0 Å². The highest BCUT2D eigenvalue weighted by atomic mass is 32.7. The molecule has 0 aliphatic carbocycles. The smallest absolute Gasteiger partial charge is 0.293 e. The minimum Gasteiger partial charge on any atom is -0.293 e. The standard InChI is InChI=1S/C4H5F6OPS/c1-2-13-12(11,3(5,6)7)4(8,9)10/h2H2,1H3. The van der Waals surface area contributed by atoms with E-state index < -0.39 is 35.3 Å². The molecule has 0 aromatic rings. The van der Waals surface area contributed by atoms with E-state index in [2.05, 4.69) is 0 Å². The van der Waals surface area contributed by atoms with Crippen molar-refractivity contribution in [3.8, 4) is 0 Å². The van der Waals surface area contributed by atoms with Crippen molar-refractivity contribution in [3.05, 3.63) is 0 Å². The van der Waals surface area contributed by atoms with E-state index in [0.29, 0.717) is 0 Å². The number of hydrogen-bond acceptors (Lipinski definition) is 2. The van der Waals surface area contributed by atoms with Crippen molar-refractivity contribution < 1.29 is 30.9 Å². The van der Waals surface area contributed by atoms with Crippen LogP contribution < -0.4 is 0 Å². The molecule has 0 aliphatic rings. The summed E-state index contributed by atoms with van der Waals surface area (Å²) in [6.07, 6.45) is -6.17. The molecule has 0 radical (unpaired) electrons. The van der Waals surface area contributed by atoms with Gasteiger partial charge in [-0.25, -0.2) is 0 Å².